The van der Waals surface area contributed by atoms with Crippen molar-refractivity contribution in [1.82, 2.24) is 5.32 Å². The van der Waals surface area contributed by atoms with Crippen LogP contribution in [-0.4, -0.2) is 18.0 Å². The van der Waals surface area contributed by atoms with E-state index in [9.17, 15) is 13.6 Å². The molecule has 5 heteroatoms. The van der Waals surface area contributed by atoms with Gasteiger partial charge in [0.25, 0.3) is 0 Å². The van der Waals surface area contributed by atoms with Gasteiger partial charge in [0.2, 0.25) is 5.91 Å². The largest absolute Gasteiger partial charge is 0.356 e. The lowest BCUT2D eigenvalue weighted by molar-refractivity contribution is -0.121. The van der Waals surface area contributed by atoms with Crippen molar-refractivity contribution in [3.63, 3.8) is 0 Å². The van der Waals surface area contributed by atoms with Crippen LogP contribution in [0.3, 0.4) is 0 Å². The molecule has 0 aliphatic heterocycles. The highest BCUT2D eigenvalue weighted by molar-refractivity contribution is 5.77. The van der Waals surface area contributed by atoms with E-state index in [1.54, 1.807) is 13.8 Å². The van der Waals surface area contributed by atoms with Gasteiger partial charge in [-0.25, -0.2) is 8.78 Å². The normalized spacial score (nSPS) is 11.4. The van der Waals surface area contributed by atoms with Crippen molar-refractivity contribution < 1.29 is 13.6 Å². The summed E-state index contributed by atoms with van der Waals surface area (Å²) in [6, 6.07) is 3.41. The van der Waals surface area contributed by atoms with Gasteiger partial charge in [-0.15, -0.1) is 0 Å². The zero-order valence-electron chi connectivity index (χ0n) is 10.6. The minimum atomic E-state index is -0.606. The molecule has 1 rings (SSSR count). The molecule has 0 unspecified atom stereocenters. The Labute approximate surface area is 105 Å². The number of nitrogens with two attached hydrogens (primary N) is 1. The van der Waals surface area contributed by atoms with Gasteiger partial charge in [-0.2, -0.15) is 0 Å². The fraction of sp³-hybridized carbons (Fsp3) is 0.462. The van der Waals surface area contributed by atoms with Crippen molar-refractivity contribution in [1.29, 1.82) is 0 Å². The Morgan fingerprint density at radius 3 is 2.61 bits per heavy atom. The van der Waals surface area contributed by atoms with Gasteiger partial charge in [0.05, 0.1) is 0 Å². The number of carbonyl (C=O) groups is 1. The molecular weight excluding hydrogens is 238 g/mol. The minimum absolute atomic E-state index is 0.176. The monoisotopic (exact) mass is 256 g/mol. The summed E-state index contributed by atoms with van der Waals surface area (Å²) in [5.41, 5.74) is 5.51. The van der Waals surface area contributed by atoms with Crippen LogP contribution in [0.4, 0.5) is 8.78 Å². The Bertz CT molecular complexity index is 427. The van der Waals surface area contributed by atoms with Gasteiger partial charge in [0.1, 0.15) is 11.6 Å². The summed E-state index contributed by atoms with van der Waals surface area (Å²) in [7, 11) is 0. The maximum Gasteiger partial charge on any atom is 0.221 e. The standard InChI is InChI=1S/C13H18F2N2O/c1-13(2,16)8-12(18)17-6-5-9-3-4-10(14)7-11(9)15/h3-4,7H,5-6,8,16H2,1-2H3,(H,17,18). The van der Waals surface area contributed by atoms with Crippen molar-refractivity contribution in [3.8, 4) is 0 Å². The number of benzene rings is 1. The molecule has 0 atom stereocenters. The van der Waals surface area contributed by atoms with Gasteiger partial charge in [-0.05, 0) is 31.9 Å². The number of carbonyl (C=O) groups excluding carboxylic acids is 1. The van der Waals surface area contributed by atoms with Gasteiger partial charge in [-0.1, -0.05) is 6.07 Å². The second-order valence-electron chi connectivity index (χ2n) is 5.00. The van der Waals surface area contributed by atoms with E-state index in [2.05, 4.69) is 5.32 Å². The number of amides is 1. The number of nitrogens with one attached hydrogen (secondary N) is 1. The molecule has 0 bridgehead atoms. The Morgan fingerprint density at radius 1 is 1.39 bits per heavy atom. The summed E-state index contributed by atoms with van der Waals surface area (Å²) in [4.78, 5) is 11.4. The van der Waals surface area contributed by atoms with Crippen LogP contribution in [0.1, 0.15) is 25.8 Å². The number of hydrogen-bond donors (Lipinski definition) is 2. The highest BCUT2D eigenvalue weighted by atomic mass is 19.1. The van der Waals surface area contributed by atoms with E-state index in [0.29, 0.717) is 18.5 Å². The first kappa shape index (κ1) is 14.6. The molecule has 0 aliphatic carbocycles. The molecule has 0 saturated carbocycles. The molecule has 1 aromatic carbocycles. The number of halogens is 2. The second kappa shape index (κ2) is 5.91. The molecule has 0 aliphatic rings. The maximum atomic E-state index is 13.3. The first-order valence-corrected chi connectivity index (χ1v) is 5.77. The quantitative estimate of drug-likeness (QED) is 0.843. The second-order valence-corrected chi connectivity index (χ2v) is 5.00. The van der Waals surface area contributed by atoms with Crippen LogP contribution in [0.25, 0.3) is 0 Å². The van der Waals surface area contributed by atoms with Crippen molar-refractivity contribution in [3.05, 3.63) is 35.4 Å². The summed E-state index contributed by atoms with van der Waals surface area (Å²) < 4.78 is 25.9. The molecular formula is C13H18F2N2O. The lowest BCUT2D eigenvalue weighted by Gasteiger charge is -2.17. The molecule has 0 aromatic heterocycles. The zero-order valence-corrected chi connectivity index (χ0v) is 10.6. The fourth-order valence-corrected chi connectivity index (χ4v) is 1.54. The van der Waals surface area contributed by atoms with Crippen LogP contribution in [0, 0.1) is 11.6 Å². The summed E-state index contributed by atoms with van der Waals surface area (Å²) in [5.74, 6) is -1.38. The Balaban J connectivity index is 2.40. The van der Waals surface area contributed by atoms with Crippen LogP contribution in [-0.2, 0) is 11.2 Å². The van der Waals surface area contributed by atoms with Crippen molar-refractivity contribution >= 4 is 5.91 Å². The van der Waals surface area contributed by atoms with Gasteiger partial charge < -0.3 is 11.1 Å². The van der Waals surface area contributed by atoms with E-state index in [0.717, 1.165) is 6.07 Å². The summed E-state index contributed by atoms with van der Waals surface area (Å²) in [5, 5.41) is 2.65. The van der Waals surface area contributed by atoms with E-state index < -0.39 is 17.2 Å². The molecule has 18 heavy (non-hydrogen) atoms. The van der Waals surface area contributed by atoms with E-state index >= 15 is 0 Å². The third-order valence-corrected chi connectivity index (χ3v) is 2.35. The van der Waals surface area contributed by atoms with Gasteiger partial charge in [0, 0.05) is 24.6 Å². The predicted octanol–water partition coefficient (Wildman–Crippen LogP) is 1.75. The number of hydrogen-bond acceptors (Lipinski definition) is 2. The Morgan fingerprint density at radius 2 is 2.06 bits per heavy atom. The van der Waals surface area contributed by atoms with Gasteiger partial charge >= 0.3 is 0 Å². The van der Waals surface area contributed by atoms with Crippen LogP contribution < -0.4 is 11.1 Å². The first-order chi connectivity index (χ1) is 8.28. The lowest BCUT2D eigenvalue weighted by atomic mass is 10.0. The van der Waals surface area contributed by atoms with Gasteiger partial charge in [0.15, 0.2) is 0 Å². The van der Waals surface area contributed by atoms with E-state index in [-0.39, 0.29) is 12.3 Å². The summed E-state index contributed by atoms with van der Waals surface area (Å²) >= 11 is 0. The highest BCUT2D eigenvalue weighted by Crippen LogP contribution is 2.09. The van der Waals surface area contributed by atoms with Crippen molar-refractivity contribution in [2.24, 2.45) is 5.73 Å². The van der Waals surface area contributed by atoms with Crippen molar-refractivity contribution in [2.45, 2.75) is 32.2 Å². The molecule has 1 aromatic rings. The van der Waals surface area contributed by atoms with Crippen molar-refractivity contribution in [2.75, 3.05) is 6.54 Å². The average molecular weight is 256 g/mol. The fourth-order valence-electron chi connectivity index (χ4n) is 1.54. The maximum absolute atomic E-state index is 13.3. The Kier molecular flexibility index (Phi) is 4.78. The van der Waals surface area contributed by atoms with E-state index in [1.165, 1.54) is 12.1 Å². The average Bonchev–Trinajstić information content (AvgIpc) is 2.18. The molecule has 1 amide bonds. The van der Waals surface area contributed by atoms with Crippen LogP contribution >= 0.6 is 0 Å². The third-order valence-electron chi connectivity index (χ3n) is 2.35. The van der Waals surface area contributed by atoms with Crippen LogP contribution in [0.2, 0.25) is 0 Å². The van der Waals surface area contributed by atoms with Gasteiger partial charge in [-0.3, -0.25) is 4.79 Å². The molecule has 0 heterocycles. The highest BCUT2D eigenvalue weighted by Gasteiger charge is 2.15. The third kappa shape index (κ3) is 5.23. The van der Waals surface area contributed by atoms with E-state index in [1.807, 2.05) is 0 Å². The molecule has 3 nitrogen and oxygen atoms in total. The summed E-state index contributed by atoms with van der Waals surface area (Å²) in [6.45, 7) is 3.82. The zero-order chi connectivity index (χ0) is 13.8. The minimum Gasteiger partial charge on any atom is -0.356 e. The molecule has 3 N–H and O–H groups in total. The molecule has 0 fully saturated rings. The van der Waals surface area contributed by atoms with Crippen LogP contribution in [0.5, 0.6) is 0 Å². The molecule has 0 saturated heterocycles. The smallest absolute Gasteiger partial charge is 0.221 e. The molecule has 100 valence electrons. The summed E-state index contributed by atoms with van der Waals surface area (Å²) in [6.07, 6.45) is 0.530. The topological polar surface area (TPSA) is 55.1 Å². The lowest BCUT2D eigenvalue weighted by Crippen LogP contribution is -2.39. The molecule has 0 radical (unpaired) electrons. The van der Waals surface area contributed by atoms with Crippen LogP contribution in [0.15, 0.2) is 18.2 Å². The molecule has 0 spiro atoms. The first-order valence-electron chi connectivity index (χ1n) is 5.77. The number of rotatable bonds is 5. The Hall–Kier alpha value is -1.49. The van der Waals surface area contributed by atoms with E-state index in [4.69, 9.17) is 5.73 Å². The predicted molar refractivity (Wildman–Crippen MR) is 66.0 cm³/mol. The SMILES string of the molecule is CC(C)(N)CC(=O)NCCc1ccc(F)cc1F.